The molecule has 6 nitrogen and oxygen atoms in total. The van der Waals surface area contributed by atoms with Crippen LogP contribution in [0.1, 0.15) is 25.3 Å². The van der Waals surface area contributed by atoms with Crippen molar-refractivity contribution < 1.29 is 19.1 Å². The van der Waals surface area contributed by atoms with Gasteiger partial charge in [-0.1, -0.05) is 30.3 Å². The van der Waals surface area contributed by atoms with E-state index >= 15 is 0 Å². The van der Waals surface area contributed by atoms with Gasteiger partial charge in [0.25, 0.3) is 11.6 Å². The summed E-state index contributed by atoms with van der Waals surface area (Å²) in [5.41, 5.74) is -0.554. The van der Waals surface area contributed by atoms with Crippen LogP contribution in [0.4, 0.5) is 0 Å². The Kier molecular flexibility index (Phi) is 2.98. The monoisotopic (exact) mass is 314 g/mol. The molecule has 23 heavy (non-hydrogen) atoms. The molecule has 4 rings (SSSR count). The predicted octanol–water partition coefficient (Wildman–Crippen LogP) is 0.704. The van der Waals surface area contributed by atoms with E-state index in [1.807, 2.05) is 30.3 Å². The van der Waals surface area contributed by atoms with E-state index in [4.69, 9.17) is 4.74 Å². The molecule has 6 heteroatoms. The molecule has 3 fully saturated rings. The first-order valence-corrected chi connectivity index (χ1v) is 7.93. The zero-order valence-corrected chi connectivity index (χ0v) is 12.9. The molecule has 0 radical (unpaired) electrons. The number of rotatable bonds is 2. The van der Waals surface area contributed by atoms with Crippen LogP contribution < -0.4 is 0 Å². The Morgan fingerprint density at radius 1 is 1.22 bits per heavy atom. The first-order valence-electron chi connectivity index (χ1n) is 7.93. The molecule has 3 aliphatic heterocycles. The lowest BCUT2D eigenvalue weighted by Gasteiger charge is -2.44. The van der Waals surface area contributed by atoms with E-state index in [2.05, 4.69) is 0 Å². The normalized spacial score (nSPS) is 32.8. The van der Waals surface area contributed by atoms with E-state index in [-0.39, 0.29) is 11.8 Å². The molecule has 120 valence electrons. The highest BCUT2D eigenvalue weighted by atomic mass is 16.6. The van der Waals surface area contributed by atoms with Gasteiger partial charge in [0.2, 0.25) is 5.91 Å². The maximum atomic E-state index is 12.9. The fraction of sp³-hybridized carbons (Fsp3) is 0.471. The highest BCUT2D eigenvalue weighted by molar-refractivity contribution is 6.04. The SMILES string of the molecule is CC12OC(=O)[C@H](Cc3ccccc3)N1C(=O)[C@H]1CCCN1C2=O. The zero-order chi connectivity index (χ0) is 16.2. The Morgan fingerprint density at radius 3 is 2.70 bits per heavy atom. The largest absolute Gasteiger partial charge is 0.428 e. The van der Waals surface area contributed by atoms with Crippen molar-refractivity contribution in [2.45, 2.75) is 44.0 Å². The molecule has 1 aromatic carbocycles. The maximum Gasteiger partial charge on any atom is 0.331 e. The quantitative estimate of drug-likeness (QED) is 0.754. The van der Waals surface area contributed by atoms with Gasteiger partial charge in [0.15, 0.2) is 0 Å². The Morgan fingerprint density at radius 2 is 1.96 bits per heavy atom. The lowest BCUT2D eigenvalue weighted by atomic mass is 9.99. The van der Waals surface area contributed by atoms with Crippen molar-refractivity contribution in [1.29, 1.82) is 0 Å². The summed E-state index contributed by atoms with van der Waals surface area (Å²) in [4.78, 5) is 41.0. The van der Waals surface area contributed by atoms with Gasteiger partial charge in [-0.2, -0.15) is 0 Å². The van der Waals surface area contributed by atoms with Gasteiger partial charge in [0, 0.05) is 19.9 Å². The molecule has 0 bridgehead atoms. The van der Waals surface area contributed by atoms with Crippen molar-refractivity contribution in [3.8, 4) is 0 Å². The van der Waals surface area contributed by atoms with E-state index in [0.29, 0.717) is 19.4 Å². The Balaban J connectivity index is 1.71. The lowest BCUT2D eigenvalue weighted by Crippen LogP contribution is -2.68. The number of carbonyl (C=O) groups excluding carboxylic acids is 3. The number of fused-ring (bicyclic) bond motifs is 2. The minimum atomic E-state index is -1.49. The number of amides is 2. The summed E-state index contributed by atoms with van der Waals surface area (Å²) in [6.07, 6.45) is 1.83. The molecule has 3 heterocycles. The fourth-order valence-corrected chi connectivity index (χ4v) is 3.93. The smallest absolute Gasteiger partial charge is 0.331 e. The second kappa shape index (κ2) is 4.81. The summed E-state index contributed by atoms with van der Waals surface area (Å²) in [5, 5.41) is 0. The standard InChI is InChI=1S/C17H18N2O4/c1-17-16(22)18-9-5-8-12(18)14(20)19(17)13(15(21)23-17)10-11-6-3-2-4-7-11/h2-4,6-7,12-13H,5,8-10H2,1H3/t12-,13+,17?/m1/s1. The maximum absolute atomic E-state index is 12.9. The first-order chi connectivity index (χ1) is 11.0. The Bertz CT molecular complexity index is 689. The van der Waals surface area contributed by atoms with Crippen molar-refractivity contribution >= 4 is 17.8 Å². The van der Waals surface area contributed by atoms with E-state index < -0.39 is 23.8 Å². The molecule has 1 aromatic rings. The molecular formula is C17H18N2O4. The minimum absolute atomic E-state index is 0.170. The number of esters is 1. The number of hydrogen-bond acceptors (Lipinski definition) is 4. The molecule has 0 spiro atoms. The van der Waals surface area contributed by atoms with Gasteiger partial charge in [-0.15, -0.1) is 0 Å². The van der Waals surface area contributed by atoms with Crippen molar-refractivity contribution in [2.24, 2.45) is 0 Å². The number of carbonyl (C=O) groups is 3. The molecule has 0 saturated carbocycles. The summed E-state index contributed by atoms with van der Waals surface area (Å²) in [6.45, 7) is 2.09. The third-order valence-corrected chi connectivity index (χ3v) is 5.05. The minimum Gasteiger partial charge on any atom is -0.428 e. The number of benzene rings is 1. The van der Waals surface area contributed by atoms with Gasteiger partial charge in [0.1, 0.15) is 12.1 Å². The van der Waals surface area contributed by atoms with Crippen LogP contribution in [0.15, 0.2) is 30.3 Å². The third-order valence-electron chi connectivity index (χ3n) is 5.05. The molecule has 0 aromatic heterocycles. The van der Waals surface area contributed by atoms with Crippen LogP contribution in [0.5, 0.6) is 0 Å². The van der Waals surface area contributed by atoms with Gasteiger partial charge in [-0.05, 0) is 18.4 Å². The van der Waals surface area contributed by atoms with E-state index in [1.165, 1.54) is 11.8 Å². The van der Waals surface area contributed by atoms with E-state index in [0.717, 1.165) is 12.0 Å². The van der Waals surface area contributed by atoms with Crippen LogP contribution >= 0.6 is 0 Å². The molecule has 2 amide bonds. The van der Waals surface area contributed by atoms with Crippen LogP contribution in [0.2, 0.25) is 0 Å². The zero-order valence-electron chi connectivity index (χ0n) is 12.9. The third kappa shape index (κ3) is 1.90. The van der Waals surface area contributed by atoms with Gasteiger partial charge in [-0.25, -0.2) is 4.79 Å². The van der Waals surface area contributed by atoms with Crippen LogP contribution in [0, 0.1) is 0 Å². The Labute approximate surface area is 134 Å². The molecule has 0 N–H and O–H groups in total. The molecular weight excluding hydrogens is 296 g/mol. The number of nitrogens with zero attached hydrogens (tertiary/aromatic N) is 2. The van der Waals surface area contributed by atoms with E-state index in [9.17, 15) is 14.4 Å². The average Bonchev–Trinajstić information content (AvgIpc) is 3.11. The topological polar surface area (TPSA) is 66.9 Å². The molecule has 3 saturated heterocycles. The Hall–Kier alpha value is -2.37. The predicted molar refractivity (Wildman–Crippen MR) is 80.0 cm³/mol. The number of hydrogen-bond donors (Lipinski definition) is 0. The molecule has 0 aliphatic carbocycles. The number of piperazine rings is 1. The molecule has 1 unspecified atom stereocenters. The highest BCUT2D eigenvalue weighted by Gasteiger charge is 2.64. The van der Waals surface area contributed by atoms with Gasteiger partial charge >= 0.3 is 5.97 Å². The second-order valence-electron chi connectivity index (χ2n) is 6.47. The number of ether oxygens (including phenoxy) is 1. The summed E-state index contributed by atoms with van der Waals surface area (Å²) in [7, 11) is 0. The van der Waals surface area contributed by atoms with Crippen molar-refractivity contribution in [2.75, 3.05) is 6.54 Å². The van der Waals surface area contributed by atoms with Crippen LogP contribution in [-0.2, 0) is 25.5 Å². The summed E-state index contributed by atoms with van der Waals surface area (Å²) in [6, 6.07) is 8.30. The lowest BCUT2D eigenvalue weighted by molar-refractivity contribution is -0.188. The van der Waals surface area contributed by atoms with Gasteiger partial charge < -0.3 is 9.64 Å². The van der Waals surface area contributed by atoms with Gasteiger partial charge in [0.05, 0.1) is 0 Å². The van der Waals surface area contributed by atoms with Crippen LogP contribution in [-0.4, -0.2) is 51.9 Å². The van der Waals surface area contributed by atoms with Crippen molar-refractivity contribution in [3.63, 3.8) is 0 Å². The van der Waals surface area contributed by atoms with E-state index in [1.54, 1.807) is 4.90 Å². The molecule has 3 atom stereocenters. The van der Waals surface area contributed by atoms with Crippen molar-refractivity contribution in [3.05, 3.63) is 35.9 Å². The summed E-state index contributed by atoms with van der Waals surface area (Å²) >= 11 is 0. The van der Waals surface area contributed by atoms with Crippen molar-refractivity contribution in [1.82, 2.24) is 9.80 Å². The van der Waals surface area contributed by atoms with Crippen LogP contribution in [0.25, 0.3) is 0 Å². The highest BCUT2D eigenvalue weighted by Crippen LogP contribution is 2.40. The summed E-state index contributed by atoms with van der Waals surface area (Å²) in [5.74, 6) is -0.945. The fourth-order valence-electron chi connectivity index (χ4n) is 3.93. The second-order valence-corrected chi connectivity index (χ2v) is 6.47. The first kappa shape index (κ1) is 14.2. The summed E-state index contributed by atoms with van der Waals surface area (Å²) < 4.78 is 5.40. The van der Waals surface area contributed by atoms with Gasteiger partial charge in [-0.3, -0.25) is 14.5 Å². The average molecular weight is 314 g/mol. The molecule has 3 aliphatic rings. The van der Waals surface area contributed by atoms with Crippen LogP contribution in [0.3, 0.4) is 0 Å².